The summed E-state index contributed by atoms with van der Waals surface area (Å²) in [6, 6.07) is 17.3. The molecule has 2 aliphatic heterocycles. The van der Waals surface area contributed by atoms with E-state index in [1.54, 1.807) is 0 Å². The number of hydrogen-bond donors (Lipinski definition) is 0. The summed E-state index contributed by atoms with van der Waals surface area (Å²) in [7, 11) is 0. The summed E-state index contributed by atoms with van der Waals surface area (Å²) in [5.41, 5.74) is 5.56. The Morgan fingerprint density at radius 3 is 2.47 bits per heavy atom. The van der Waals surface area contributed by atoms with Crippen LogP contribution in [0.1, 0.15) is 16.7 Å². The number of fused-ring (bicyclic) bond motifs is 2. The Hall–Kier alpha value is -1.80. The van der Waals surface area contributed by atoms with E-state index in [4.69, 9.17) is 5.32 Å². The third kappa shape index (κ3) is 1.92. The maximum atomic E-state index is 4.87. The van der Waals surface area contributed by atoms with Gasteiger partial charge in [0.15, 0.2) is 0 Å². The van der Waals surface area contributed by atoms with Crippen molar-refractivity contribution in [1.82, 2.24) is 10.2 Å². The zero-order valence-electron chi connectivity index (χ0n) is 10.9. The highest BCUT2D eigenvalue weighted by atomic mass is 15.3. The lowest BCUT2D eigenvalue weighted by atomic mass is 9.99. The molecule has 2 heterocycles. The molecule has 4 rings (SSSR count). The van der Waals surface area contributed by atoms with Crippen LogP contribution in [-0.4, -0.2) is 17.6 Å². The molecule has 0 bridgehead atoms. The van der Waals surface area contributed by atoms with E-state index in [1.807, 2.05) is 0 Å². The molecular formula is C17H17N2. The Kier molecular flexibility index (Phi) is 2.56. The molecule has 1 radical (unpaired) electrons. The minimum Gasteiger partial charge on any atom is -0.277 e. The summed E-state index contributed by atoms with van der Waals surface area (Å²) in [6.07, 6.45) is 2.56. The number of rotatable bonds is 1. The van der Waals surface area contributed by atoms with Crippen LogP contribution in [0.15, 0.2) is 48.5 Å². The molecule has 2 aromatic rings. The highest BCUT2D eigenvalue weighted by molar-refractivity contribution is 5.49. The molecule has 0 spiro atoms. The van der Waals surface area contributed by atoms with E-state index in [0.717, 1.165) is 25.9 Å². The van der Waals surface area contributed by atoms with Gasteiger partial charge in [-0.15, -0.1) is 0 Å². The van der Waals surface area contributed by atoms with Crippen LogP contribution in [0.5, 0.6) is 0 Å². The second-order valence-electron chi connectivity index (χ2n) is 5.43. The maximum absolute atomic E-state index is 4.87. The van der Waals surface area contributed by atoms with Crippen LogP contribution in [0.3, 0.4) is 0 Å². The molecule has 0 N–H and O–H groups in total. The van der Waals surface area contributed by atoms with Crippen molar-refractivity contribution >= 4 is 5.69 Å². The first kappa shape index (κ1) is 11.1. The van der Waals surface area contributed by atoms with Gasteiger partial charge in [0.05, 0.1) is 5.69 Å². The maximum Gasteiger partial charge on any atom is 0.107 e. The standard InChI is InChI=1S/C17H17N2/c1-2-7-15-12-19(10-9-13(15)5-1)17-11-14-6-3-4-8-16(14)18-17/h1-8,17H,9-12H2. The van der Waals surface area contributed by atoms with Gasteiger partial charge < -0.3 is 0 Å². The van der Waals surface area contributed by atoms with Gasteiger partial charge in [0.25, 0.3) is 0 Å². The van der Waals surface area contributed by atoms with Crippen molar-refractivity contribution in [3.05, 3.63) is 65.2 Å². The molecule has 2 heteroatoms. The lowest BCUT2D eigenvalue weighted by molar-refractivity contribution is 0.167. The highest BCUT2D eigenvalue weighted by Crippen LogP contribution is 2.29. The number of nitrogens with zero attached hydrogens (tertiary/aromatic N) is 2. The van der Waals surface area contributed by atoms with Gasteiger partial charge in [0.1, 0.15) is 6.17 Å². The van der Waals surface area contributed by atoms with Crippen LogP contribution in [-0.2, 0) is 19.4 Å². The second kappa shape index (κ2) is 4.39. The largest absolute Gasteiger partial charge is 0.277 e. The minimum absolute atomic E-state index is 0.339. The van der Waals surface area contributed by atoms with Gasteiger partial charge in [-0.3, -0.25) is 10.2 Å². The Bertz CT molecular complexity index is 581. The smallest absolute Gasteiger partial charge is 0.107 e. The van der Waals surface area contributed by atoms with E-state index in [9.17, 15) is 0 Å². The Balaban J connectivity index is 1.54. The Morgan fingerprint density at radius 2 is 1.63 bits per heavy atom. The van der Waals surface area contributed by atoms with Crippen LogP contribution >= 0.6 is 0 Å². The lowest BCUT2D eigenvalue weighted by Crippen LogP contribution is -2.42. The van der Waals surface area contributed by atoms with E-state index in [1.165, 1.54) is 22.4 Å². The van der Waals surface area contributed by atoms with Crippen molar-refractivity contribution in [3.63, 3.8) is 0 Å². The summed E-state index contributed by atoms with van der Waals surface area (Å²) in [6.45, 7) is 2.16. The normalized spacial score (nSPS) is 21.6. The average Bonchev–Trinajstić information content (AvgIpc) is 2.90. The molecule has 2 aromatic carbocycles. The van der Waals surface area contributed by atoms with Gasteiger partial charge in [-0.2, -0.15) is 0 Å². The molecule has 1 atom stereocenters. The summed E-state index contributed by atoms with van der Waals surface area (Å²) in [4.78, 5) is 2.52. The molecule has 95 valence electrons. The van der Waals surface area contributed by atoms with Crippen LogP contribution in [0.4, 0.5) is 5.69 Å². The first-order chi connectivity index (χ1) is 9.40. The zero-order chi connectivity index (χ0) is 12.7. The minimum atomic E-state index is 0.339. The summed E-state index contributed by atoms with van der Waals surface area (Å²) >= 11 is 0. The van der Waals surface area contributed by atoms with Crippen LogP contribution in [0, 0.1) is 0 Å². The van der Waals surface area contributed by atoms with Crippen molar-refractivity contribution in [3.8, 4) is 0 Å². The molecule has 0 saturated carbocycles. The molecule has 0 aliphatic carbocycles. The fraction of sp³-hybridized carbons (Fsp3) is 0.294. The highest BCUT2D eigenvalue weighted by Gasteiger charge is 2.29. The van der Waals surface area contributed by atoms with Crippen molar-refractivity contribution in [1.29, 1.82) is 0 Å². The van der Waals surface area contributed by atoms with Crippen LogP contribution < -0.4 is 5.32 Å². The molecular weight excluding hydrogens is 232 g/mol. The third-order valence-corrected chi connectivity index (χ3v) is 4.26. The molecule has 2 aliphatic rings. The van der Waals surface area contributed by atoms with E-state index in [0.29, 0.717) is 6.17 Å². The lowest BCUT2D eigenvalue weighted by Gasteiger charge is -2.32. The predicted molar refractivity (Wildman–Crippen MR) is 76.3 cm³/mol. The first-order valence-electron chi connectivity index (χ1n) is 7.00. The molecule has 19 heavy (non-hydrogen) atoms. The van der Waals surface area contributed by atoms with E-state index in [-0.39, 0.29) is 0 Å². The predicted octanol–water partition coefficient (Wildman–Crippen LogP) is 2.86. The summed E-state index contributed by atoms with van der Waals surface area (Å²) in [5, 5.41) is 4.87. The average molecular weight is 249 g/mol. The molecule has 0 aromatic heterocycles. The molecule has 1 unspecified atom stereocenters. The van der Waals surface area contributed by atoms with Crippen LogP contribution in [0.2, 0.25) is 0 Å². The Morgan fingerprint density at radius 1 is 0.895 bits per heavy atom. The number of hydrogen-bond acceptors (Lipinski definition) is 1. The van der Waals surface area contributed by atoms with Crippen molar-refractivity contribution in [2.45, 2.75) is 25.6 Å². The fourth-order valence-corrected chi connectivity index (χ4v) is 3.19. The van der Waals surface area contributed by atoms with Crippen molar-refractivity contribution in [2.24, 2.45) is 0 Å². The zero-order valence-corrected chi connectivity index (χ0v) is 10.9. The van der Waals surface area contributed by atoms with Crippen LogP contribution in [0.25, 0.3) is 0 Å². The van der Waals surface area contributed by atoms with Gasteiger partial charge in [-0.05, 0) is 29.2 Å². The summed E-state index contributed by atoms with van der Waals surface area (Å²) < 4.78 is 0. The van der Waals surface area contributed by atoms with Crippen molar-refractivity contribution in [2.75, 3.05) is 6.54 Å². The second-order valence-corrected chi connectivity index (χ2v) is 5.43. The molecule has 2 nitrogen and oxygen atoms in total. The van der Waals surface area contributed by atoms with E-state index in [2.05, 4.69) is 53.4 Å². The van der Waals surface area contributed by atoms with Gasteiger partial charge in [0, 0.05) is 19.5 Å². The number of benzene rings is 2. The van der Waals surface area contributed by atoms with E-state index < -0.39 is 0 Å². The van der Waals surface area contributed by atoms with Gasteiger partial charge in [-0.1, -0.05) is 42.5 Å². The van der Waals surface area contributed by atoms with Crippen molar-refractivity contribution < 1.29 is 0 Å². The Labute approximate surface area is 114 Å². The molecule has 0 amide bonds. The van der Waals surface area contributed by atoms with Gasteiger partial charge in [-0.25, -0.2) is 0 Å². The summed E-state index contributed by atoms with van der Waals surface area (Å²) in [5.74, 6) is 0. The third-order valence-electron chi connectivity index (χ3n) is 4.26. The molecule has 0 fully saturated rings. The SMILES string of the molecule is c1ccc2c(c1)CCN(C1Cc3ccccc3[N]1)C2. The van der Waals surface area contributed by atoms with Gasteiger partial charge in [0.2, 0.25) is 0 Å². The fourth-order valence-electron chi connectivity index (χ4n) is 3.19. The quantitative estimate of drug-likeness (QED) is 0.759. The molecule has 0 saturated heterocycles. The monoisotopic (exact) mass is 249 g/mol. The van der Waals surface area contributed by atoms with E-state index >= 15 is 0 Å². The first-order valence-corrected chi connectivity index (χ1v) is 7.00. The topological polar surface area (TPSA) is 17.3 Å². The number of para-hydroxylation sites is 1. The van der Waals surface area contributed by atoms with Gasteiger partial charge >= 0.3 is 0 Å².